The standard InChI is InChI=1S/2C13H22P.2BrH.Fe.Pd/c2*1-12(2,3)14(13(4,5)6)11-9-7-8-10-11;;;;/h2*7-10H,1-6H3;2*1H;;/q2*-1;;;2*+2/p-2. The van der Waals surface area contributed by atoms with E-state index in [2.05, 4.69) is 158 Å². The minimum atomic E-state index is -0.101. The second-order valence-corrected chi connectivity index (χ2v) is 26.6. The van der Waals surface area contributed by atoms with E-state index in [9.17, 15) is 0 Å². The molecular weight excluding hydrogens is 696 g/mol. The second kappa shape index (κ2) is 15.1. The summed E-state index contributed by atoms with van der Waals surface area (Å²) in [5, 5.41) is 4.65. The number of rotatable bonds is 2. The monoisotopic (exact) mass is 738 g/mol. The first-order valence-corrected chi connectivity index (χ1v) is 20.5. The molecule has 0 N–H and O–H groups in total. The van der Waals surface area contributed by atoms with Crippen LogP contribution in [0.4, 0.5) is 0 Å². The maximum atomic E-state index is 3.11. The van der Waals surface area contributed by atoms with E-state index in [1.165, 1.54) is 0 Å². The Labute approximate surface area is 234 Å². The van der Waals surface area contributed by atoms with Crippen molar-refractivity contribution in [3.63, 3.8) is 0 Å². The van der Waals surface area contributed by atoms with E-state index in [-0.39, 0.29) is 32.9 Å². The van der Waals surface area contributed by atoms with Crippen molar-refractivity contribution in [1.29, 1.82) is 0 Å². The summed E-state index contributed by atoms with van der Waals surface area (Å²) in [6.07, 6.45) is 0. The quantitative estimate of drug-likeness (QED) is 0.164. The first-order valence-electron chi connectivity index (χ1n) is 10.7. The summed E-state index contributed by atoms with van der Waals surface area (Å²) in [4.78, 5) is 0. The third-order valence-electron chi connectivity index (χ3n) is 4.49. The predicted octanol–water partition coefficient (Wildman–Crippen LogP) is 9.91. The zero-order chi connectivity index (χ0) is 24.7. The molecule has 0 fully saturated rings. The molecule has 0 heterocycles. The molecule has 0 nitrogen and oxygen atoms in total. The van der Waals surface area contributed by atoms with Gasteiger partial charge in [0.1, 0.15) is 0 Å². The van der Waals surface area contributed by atoms with E-state index >= 15 is 0 Å². The Bertz CT molecular complexity index is 611. The van der Waals surface area contributed by atoms with Gasteiger partial charge >= 0.3 is 57.9 Å². The summed E-state index contributed by atoms with van der Waals surface area (Å²) in [7, 11) is -0.202. The van der Waals surface area contributed by atoms with Crippen LogP contribution in [-0.4, -0.2) is 20.6 Å². The molecule has 0 amide bonds. The van der Waals surface area contributed by atoms with Crippen LogP contribution < -0.4 is 10.6 Å². The van der Waals surface area contributed by atoms with E-state index in [0.717, 1.165) is 0 Å². The molecule has 0 aliphatic rings. The molecule has 0 spiro atoms. The van der Waals surface area contributed by atoms with Gasteiger partial charge in [0.05, 0.1) is 0 Å². The van der Waals surface area contributed by atoms with Crippen LogP contribution >= 0.6 is 42.7 Å². The summed E-state index contributed by atoms with van der Waals surface area (Å²) in [6.45, 7) is 28.3. The van der Waals surface area contributed by atoms with Crippen LogP contribution in [-0.2, 0) is 31.0 Å². The van der Waals surface area contributed by atoms with Gasteiger partial charge in [-0.3, -0.25) is 0 Å². The summed E-state index contributed by atoms with van der Waals surface area (Å²) in [5.41, 5.74) is 0. The molecular formula is C26H44Br2FeP2Pd. The third-order valence-corrected chi connectivity index (χ3v) is 11.5. The van der Waals surface area contributed by atoms with Gasteiger partial charge in [-0.05, 0) is 20.6 Å². The fraction of sp³-hybridized carbons (Fsp3) is 0.615. The Hall–Kier alpha value is 1.70. The zero-order valence-electron chi connectivity index (χ0n) is 21.9. The first kappa shape index (κ1) is 35.9. The van der Waals surface area contributed by atoms with Gasteiger partial charge in [0.15, 0.2) is 0 Å². The molecule has 0 aliphatic carbocycles. The molecule has 0 radical (unpaired) electrons. The van der Waals surface area contributed by atoms with Crippen molar-refractivity contribution < 1.29 is 31.0 Å². The molecule has 2 aromatic carbocycles. The molecule has 0 aliphatic heterocycles. The molecule has 0 saturated heterocycles. The van der Waals surface area contributed by atoms with Crippen LogP contribution in [0.15, 0.2) is 48.5 Å². The smallest absolute Gasteiger partial charge is 2.00 e. The fourth-order valence-electron chi connectivity index (χ4n) is 4.59. The minimum Gasteiger partial charge on any atom is 2.00 e. The van der Waals surface area contributed by atoms with Crippen LogP contribution in [0, 0.1) is 0 Å². The van der Waals surface area contributed by atoms with E-state index < -0.39 is 0 Å². The molecule has 2 aromatic rings. The topological polar surface area (TPSA) is 0 Å². The molecule has 2 rings (SSSR count). The average molecular weight is 741 g/mol. The zero-order valence-corrected chi connectivity index (χ0v) is 29.6. The Morgan fingerprint density at radius 1 is 0.594 bits per heavy atom. The van der Waals surface area contributed by atoms with E-state index in [1.807, 2.05) is 0 Å². The van der Waals surface area contributed by atoms with Gasteiger partial charge in [-0.15, -0.1) is 15.8 Å². The normalized spacial score (nSPS) is 12.6. The summed E-state index contributed by atoms with van der Waals surface area (Å²) >= 11 is 6.80. The van der Waals surface area contributed by atoms with E-state index in [0.29, 0.717) is 34.6 Å². The first-order chi connectivity index (χ1) is 13.9. The fourth-order valence-corrected chi connectivity index (χ4v) is 12.7. The van der Waals surface area contributed by atoms with Crippen molar-refractivity contribution in [2.24, 2.45) is 0 Å². The van der Waals surface area contributed by atoms with Gasteiger partial charge in [-0.25, -0.2) is 12.1 Å². The van der Waals surface area contributed by atoms with Crippen molar-refractivity contribution in [2.45, 2.75) is 104 Å². The molecule has 32 heavy (non-hydrogen) atoms. The van der Waals surface area contributed by atoms with Crippen molar-refractivity contribution in [1.82, 2.24) is 0 Å². The Kier molecular flexibility index (Phi) is 16.9. The number of halogens is 2. The van der Waals surface area contributed by atoms with Gasteiger partial charge in [-0.1, -0.05) is 83.1 Å². The van der Waals surface area contributed by atoms with Gasteiger partial charge in [0.2, 0.25) is 0 Å². The second-order valence-electron chi connectivity index (χ2n) is 11.7. The SMILES string of the molecule is CC(C)(C)P(c1cc[cH-]c1)C(C)(C)C.CC(C)(C)P(c1cc[cH-]c1)C(C)(C)C.[Br][Pd][Br].[Fe+2]. The van der Waals surface area contributed by atoms with Crippen molar-refractivity contribution in [2.75, 3.05) is 0 Å². The maximum Gasteiger partial charge on any atom is 2.00 e. The van der Waals surface area contributed by atoms with Gasteiger partial charge in [0.25, 0.3) is 0 Å². The van der Waals surface area contributed by atoms with Gasteiger partial charge in [0, 0.05) is 0 Å². The summed E-state index contributed by atoms with van der Waals surface area (Å²) in [6, 6.07) is 17.7. The van der Waals surface area contributed by atoms with Crippen LogP contribution in [0.1, 0.15) is 83.1 Å². The predicted molar refractivity (Wildman–Crippen MR) is 154 cm³/mol. The summed E-state index contributed by atoms with van der Waals surface area (Å²) in [5.74, 6) is 0. The number of hydrogen-bond acceptors (Lipinski definition) is 0. The van der Waals surface area contributed by atoms with Crippen LogP contribution in [0.3, 0.4) is 0 Å². The number of hydrogen-bond donors (Lipinski definition) is 0. The average Bonchev–Trinajstić information content (AvgIpc) is 3.16. The van der Waals surface area contributed by atoms with E-state index in [4.69, 9.17) is 0 Å². The van der Waals surface area contributed by atoms with E-state index in [1.54, 1.807) is 10.6 Å². The van der Waals surface area contributed by atoms with Crippen molar-refractivity contribution in [3.05, 3.63) is 48.5 Å². The van der Waals surface area contributed by atoms with Crippen LogP contribution in [0.5, 0.6) is 0 Å². The van der Waals surface area contributed by atoms with Crippen LogP contribution in [0.2, 0.25) is 0 Å². The van der Waals surface area contributed by atoms with Crippen molar-refractivity contribution in [3.8, 4) is 0 Å². The molecule has 6 heteroatoms. The molecule has 0 saturated carbocycles. The third kappa shape index (κ3) is 13.1. The Morgan fingerprint density at radius 2 is 0.812 bits per heavy atom. The van der Waals surface area contributed by atoms with Crippen molar-refractivity contribution >= 4 is 53.3 Å². The molecule has 0 atom stereocenters. The Balaban J connectivity index is 0. The largest absolute Gasteiger partial charge is 2.00 e. The molecule has 0 unspecified atom stereocenters. The molecule has 190 valence electrons. The maximum absolute atomic E-state index is 3.11. The van der Waals surface area contributed by atoms with Gasteiger partial charge < -0.3 is 0 Å². The Morgan fingerprint density at radius 3 is 0.938 bits per heavy atom. The van der Waals surface area contributed by atoms with Gasteiger partial charge in [-0.2, -0.15) is 47.0 Å². The minimum absolute atomic E-state index is 0. The van der Waals surface area contributed by atoms with Crippen LogP contribution in [0.25, 0.3) is 0 Å². The summed E-state index contributed by atoms with van der Waals surface area (Å²) < 4.78 is 0. The molecule has 0 aromatic heterocycles. The molecule has 0 bridgehead atoms.